The monoisotopic (exact) mass is 995 g/mol. The molecule has 1 aliphatic rings. The lowest BCUT2D eigenvalue weighted by Crippen LogP contribution is -2.63. The lowest BCUT2D eigenvalue weighted by molar-refractivity contribution is -0.214. The van der Waals surface area contributed by atoms with Gasteiger partial charge in [-0.05, 0) is 69.8 Å². The van der Waals surface area contributed by atoms with Crippen molar-refractivity contribution in [1.29, 1.82) is 0 Å². The molecule has 0 amide bonds. The third-order valence-corrected chi connectivity index (χ3v) is 15.5. The van der Waals surface area contributed by atoms with Gasteiger partial charge >= 0.3 is 7.60 Å². The van der Waals surface area contributed by atoms with Crippen LogP contribution in [0.3, 0.4) is 0 Å². The van der Waals surface area contributed by atoms with Gasteiger partial charge in [0.2, 0.25) is 0 Å². The summed E-state index contributed by atoms with van der Waals surface area (Å²) in [7, 11) is -3.86. The minimum absolute atomic E-state index is 0.00582. The maximum absolute atomic E-state index is 11.0. The molecule has 8 atom stereocenters. The Balaban J connectivity index is 2.66. The first-order chi connectivity index (χ1) is 32.5. The fraction of sp³-hybridized carbons (Fsp3) is 0.963. The van der Waals surface area contributed by atoms with Crippen LogP contribution in [0.5, 0.6) is 0 Å². The Kier molecular flexibility index (Phi) is 44.3. The Bertz CT molecular complexity index is 1120. The molecule has 0 radical (unpaired) electrons. The maximum atomic E-state index is 11.0. The Morgan fingerprint density at radius 2 is 0.851 bits per heavy atom. The number of aliphatic hydroxyl groups excluding tert-OH is 5. The molecule has 1 aliphatic carbocycles. The molecule has 400 valence electrons. The van der Waals surface area contributed by atoms with Crippen molar-refractivity contribution in [1.82, 2.24) is 0 Å². The molecule has 1 rings (SSSR count). The molecule has 0 saturated heterocycles. The first-order valence-corrected chi connectivity index (χ1v) is 30.7. The molecule has 0 aromatic carbocycles. The fourth-order valence-corrected chi connectivity index (χ4v) is 10.8. The van der Waals surface area contributed by atoms with Crippen LogP contribution in [0, 0.1) is 0 Å². The van der Waals surface area contributed by atoms with Crippen molar-refractivity contribution in [3.05, 3.63) is 12.2 Å². The maximum Gasteiger partial charge on any atom is 0.325 e. The highest BCUT2D eigenvalue weighted by Gasteiger charge is 2.49. The van der Waals surface area contributed by atoms with Crippen LogP contribution < -0.4 is 0 Å². The van der Waals surface area contributed by atoms with Crippen molar-refractivity contribution in [3.63, 3.8) is 0 Å². The predicted molar refractivity (Wildman–Crippen MR) is 280 cm³/mol. The van der Waals surface area contributed by atoms with Crippen LogP contribution in [0.2, 0.25) is 0 Å². The van der Waals surface area contributed by atoms with Crippen LogP contribution in [0.1, 0.15) is 258 Å². The van der Waals surface area contributed by atoms with E-state index in [1.165, 1.54) is 147 Å². The first-order valence-electron chi connectivity index (χ1n) is 28.1. The van der Waals surface area contributed by atoms with Crippen molar-refractivity contribution in [2.45, 2.75) is 306 Å². The average Bonchev–Trinajstić information content (AvgIpc) is 3.30. The second-order valence-electron chi connectivity index (χ2n) is 20.1. The third kappa shape index (κ3) is 38.2. The zero-order chi connectivity index (χ0) is 49.1. The highest BCUT2D eigenvalue weighted by molar-refractivity contribution is 7.95. The molecule has 0 aromatic heterocycles. The number of allylic oxidation sites excluding steroid dienone is 2. The van der Waals surface area contributed by atoms with Crippen molar-refractivity contribution in [3.8, 4) is 0 Å². The Labute approximate surface area is 415 Å². The van der Waals surface area contributed by atoms with E-state index in [-0.39, 0.29) is 17.5 Å². The molecule has 0 aliphatic heterocycles. The van der Waals surface area contributed by atoms with Crippen molar-refractivity contribution in [2.75, 3.05) is 26.0 Å². The van der Waals surface area contributed by atoms with Crippen molar-refractivity contribution in [2.24, 2.45) is 0 Å². The van der Waals surface area contributed by atoms with E-state index in [2.05, 4.69) is 26.0 Å². The van der Waals surface area contributed by atoms with Gasteiger partial charge in [-0.3, -0.25) is 4.57 Å². The smallest absolute Gasteiger partial charge is 0.325 e. The topological polar surface area (TPSA) is 186 Å². The molecule has 11 nitrogen and oxygen atoms in total. The molecule has 1 fully saturated rings. The van der Waals surface area contributed by atoms with Crippen LogP contribution in [0.4, 0.5) is 0 Å². The summed E-state index contributed by atoms with van der Waals surface area (Å²) in [5.41, 5.74) is 0. The summed E-state index contributed by atoms with van der Waals surface area (Å²) < 4.78 is 29.9. The summed E-state index contributed by atoms with van der Waals surface area (Å²) in [5.74, 6) is 0. The second kappa shape index (κ2) is 45.8. The van der Waals surface area contributed by atoms with Gasteiger partial charge in [-0.25, -0.2) is 0 Å². The van der Waals surface area contributed by atoms with Gasteiger partial charge in [-0.2, -0.15) is 0 Å². The number of aliphatic hydroxyl groups is 5. The SMILES string of the molecule is CCCCCCCCCCCCCCOCC(CC(CCCCCC/C=C\CCCCCCCCP(=O)(O)O)SOC1[C@@H](O)[C@H](O)C(O)[C@H](O)[C@@H]1O)OCCCCCCCCCCCCCC. The predicted octanol–water partition coefficient (Wildman–Crippen LogP) is 13.2. The minimum atomic E-state index is -3.86. The zero-order valence-electron chi connectivity index (χ0n) is 43.1. The molecule has 1 saturated carbocycles. The van der Waals surface area contributed by atoms with Crippen LogP contribution in [-0.2, 0) is 18.2 Å². The van der Waals surface area contributed by atoms with Gasteiger partial charge < -0.3 is 49.0 Å². The summed E-state index contributed by atoms with van der Waals surface area (Å²) >= 11 is 1.18. The molecule has 0 spiro atoms. The van der Waals surface area contributed by atoms with Crippen molar-refractivity contribution >= 4 is 19.6 Å². The van der Waals surface area contributed by atoms with Gasteiger partial charge in [-0.15, -0.1) is 0 Å². The highest BCUT2D eigenvalue weighted by atomic mass is 32.2. The Morgan fingerprint density at radius 1 is 0.478 bits per heavy atom. The molecule has 7 N–H and O–H groups in total. The van der Waals surface area contributed by atoms with E-state index in [4.69, 9.17) is 23.4 Å². The Morgan fingerprint density at radius 3 is 1.30 bits per heavy atom. The van der Waals surface area contributed by atoms with E-state index in [9.17, 15) is 30.1 Å². The summed E-state index contributed by atoms with van der Waals surface area (Å²) in [5, 5.41) is 52.3. The van der Waals surface area contributed by atoms with Gasteiger partial charge in [0.25, 0.3) is 0 Å². The van der Waals surface area contributed by atoms with Gasteiger partial charge in [0.05, 0.1) is 12.7 Å². The number of ether oxygens (including phenoxy) is 2. The van der Waals surface area contributed by atoms with E-state index >= 15 is 0 Å². The van der Waals surface area contributed by atoms with Gasteiger partial charge in [0, 0.05) is 24.6 Å². The molecule has 4 unspecified atom stereocenters. The molecule has 0 aromatic rings. The van der Waals surface area contributed by atoms with Crippen LogP contribution in [0.25, 0.3) is 0 Å². The largest absolute Gasteiger partial charge is 0.387 e. The highest BCUT2D eigenvalue weighted by Crippen LogP contribution is 2.36. The molecular formula is C54H107O11PS. The molecule has 13 heteroatoms. The summed E-state index contributed by atoms with van der Waals surface area (Å²) in [6.45, 7) is 6.42. The van der Waals surface area contributed by atoms with Gasteiger partial charge in [0.15, 0.2) is 0 Å². The molecule has 0 bridgehead atoms. The van der Waals surface area contributed by atoms with E-state index in [1.54, 1.807) is 0 Å². The fourth-order valence-electron chi connectivity index (χ4n) is 9.10. The second-order valence-corrected chi connectivity index (χ2v) is 22.9. The summed E-state index contributed by atoms with van der Waals surface area (Å²) in [6.07, 6.45) is 40.0. The minimum Gasteiger partial charge on any atom is -0.387 e. The van der Waals surface area contributed by atoms with Crippen LogP contribution in [0.15, 0.2) is 12.2 Å². The number of hydrogen-bond acceptors (Lipinski definition) is 10. The van der Waals surface area contributed by atoms with E-state index in [0.29, 0.717) is 32.7 Å². The number of unbranched alkanes of at least 4 members (excludes halogenated alkanes) is 32. The third-order valence-electron chi connectivity index (χ3n) is 13.6. The summed E-state index contributed by atoms with van der Waals surface area (Å²) in [4.78, 5) is 18.0. The normalized spacial score (nSPS) is 21.1. The molecular weight excluding hydrogens is 888 g/mol. The summed E-state index contributed by atoms with van der Waals surface area (Å²) in [6, 6.07) is 0. The lowest BCUT2D eigenvalue weighted by atomic mass is 9.85. The molecule has 67 heavy (non-hydrogen) atoms. The van der Waals surface area contributed by atoms with Gasteiger partial charge in [0.1, 0.15) is 36.6 Å². The number of rotatable bonds is 50. The van der Waals surface area contributed by atoms with Crippen LogP contribution >= 0.6 is 19.6 Å². The van der Waals surface area contributed by atoms with E-state index in [1.807, 2.05) is 0 Å². The zero-order valence-corrected chi connectivity index (χ0v) is 44.8. The standard InChI is InChI=1S/C54H107O11PS/c1-3-5-7-9-11-13-15-22-26-30-34-38-42-63-46-47(64-43-39-35-31-27-23-16-14-12-10-8-6-4-2)45-48(67-65-54-52(58)50(56)49(55)51(57)53(54)59)41-37-33-29-25-21-19-17-18-20-24-28-32-36-40-44-66(60,61)62/h17,19,47-59H,3-16,18,20-46H2,1-2H3,(H2,60,61,62)/b19-17-/t47?,48?,49?,50-,51+,52-,53-,54?/m0/s1. The van der Waals surface area contributed by atoms with E-state index < -0.39 is 44.2 Å². The molecule has 0 heterocycles. The van der Waals surface area contributed by atoms with Crippen LogP contribution in [-0.4, -0.2) is 109 Å². The van der Waals surface area contributed by atoms with Crippen molar-refractivity contribution < 1.29 is 53.5 Å². The quantitative estimate of drug-likeness (QED) is 0.0133. The van der Waals surface area contributed by atoms with E-state index in [0.717, 1.165) is 96.3 Å². The van der Waals surface area contributed by atoms with Gasteiger partial charge in [-0.1, -0.05) is 212 Å². The first kappa shape index (κ1) is 64.9. The number of hydrogen-bond donors (Lipinski definition) is 7. The lowest BCUT2D eigenvalue weighted by Gasteiger charge is -2.41. The Hall–Kier alpha value is -0.0800. The average molecular weight is 995 g/mol.